The fraction of sp³-hybridized carbons (Fsp3) is 0.278. The minimum atomic E-state index is -2.56. The van der Waals surface area contributed by atoms with Gasteiger partial charge in [0.25, 0.3) is 11.7 Å². The molecule has 0 aliphatic carbocycles. The molecule has 3 rings (SSSR count). The fourth-order valence-corrected chi connectivity index (χ4v) is 5.22. The zero-order valence-electron chi connectivity index (χ0n) is 13.8. The third-order valence-corrected chi connectivity index (χ3v) is 6.61. The summed E-state index contributed by atoms with van der Waals surface area (Å²) in [6, 6.07) is 12.2. The summed E-state index contributed by atoms with van der Waals surface area (Å²) in [7, 11) is 1.59. The van der Waals surface area contributed by atoms with Gasteiger partial charge in [0.1, 0.15) is 11.1 Å². The molecule has 3 nitrogen and oxygen atoms in total. The van der Waals surface area contributed by atoms with E-state index in [0.29, 0.717) is 34.5 Å². The number of hydrogen-bond acceptors (Lipinski definition) is 4. The Hall–Kier alpha value is -1.25. The summed E-state index contributed by atoms with van der Waals surface area (Å²) in [5, 5.41) is -0.158. The van der Waals surface area contributed by atoms with Crippen molar-refractivity contribution < 1.29 is 18.3 Å². The molecule has 138 valence electrons. The van der Waals surface area contributed by atoms with E-state index in [1.54, 1.807) is 48.0 Å². The Bertz CT molecular complexity index is 807. The lowest BCUT2D eigenvalue weighted by Gasteiger charge is -2.25. The van der Waals surface area contributed by atoms with E-state index < -0.39 is 5.76 Å². The second-order valence-corrected chi connectivity index (χ2v) is 8.56. The smallest absolute Gasteiger partial charge is 0.288 e. The molecule has 0 aromatic heterocycles. The minimum Gasteiger partial charge on any atom is -0.496 e. The highest BCUT2D eigenvalue weighted by molar-refractivity contribution is 9.10. The Balaban J connectivity index is 1.89. The molecule has 26 heavy (non-hydrogen) atoms. The topological polar surface area (TPSA) is 29.5 Å². The van der Waals surface area contributed by atoms with Crippen LogP contribution in [0.5, 0.6) is 5.75 Å². The Morgan fingerprint density at radius 1 is 1.35 bits per heavy atom. The van der Waals surface area contributed by atoms with E-state index in [-0.39, 0.29) is 11.3 Å². The quantitative estimate of drug-likeness (QED) is 0.539. The SMILES string of the molecule is COc1ccc(C2SCCN2C(=O)c2ccccc2SC(F)F)cc1Br. The summed E-state index contributed by atoms with van der Waals surface area (Å²) in [6.07, 6.45) is 0. The number of carbonyl (C=O) groups is 1. The highest BCUT2D eigenvalue weighted by Crippen LogP contribution is 2.42. The number of benzene rings is 2. The Morgan fingerprint density at radius 2 is 2.12 bits per heavy atom. The molecule has 1 atom stereocenters. The molecule has 2 aromatic carbocycles. The van der Waals surface area contributed by atoms with Crippen LogP contribution in [-0.4, -0.2) is 36.0 Å². The Kier molecular flexibility index (Phi) is 6.47. The number of alkyl halides is 2. The van der Waals surface area contributed by atoms with Crippen molar-refractivity contribution in [2.75, 3.05) is 19.4 Å². The van der Waals surface area contributed by atoms with Crippen molar-refractivity contribution >= 4 is 45.4 Å². The molecule has 1 saturated heterocycles. The van der Waals surface area contributed by atoms with Crippen molar-refractivity contribution in [3.63, 3.8) is 0 Å². The lowest BCUT2D eigenvalue weighted by molar-refractivity contribution is 0.0757. The maximum atomic E-state index is 13.1. The number of carbonyl (C=O) groups excluding carboxylic acids is 1. The first kappa shape index (κ1) is 19.5. The molecular formula is C18H16BrF2NO2S2. The lowest BCUT2D eigenvalue weighted by atomic mass is 10.1. The number of rotatable bonds is 5. The van der Waals surface area contributed by atoms with Gasteiger partial charge in [0.2, 0.25) is 0 Å². The third-order valence-electron chi connectivity index (χ3n) is 3.95. The van der Waals surface area contributed by atoms with Gasteiger partial charge in [-0.2, -0.15) is 8.78 Å². The molecule has 0 radical (unpaired) electrons. The summed E-state index contributed by atoms with van der Waals surface area (Å²) >= 11 is 5.53. The van der Waals surface area contributed by atoms with Crippen molar-refractivity contribution in [1.82, 2.24) is 4.90 Å². The highest BCUT2D eigenvalue weighted by Gasteiger charge is 2.32. The van der Waals surface area contributed by atoms with Gasteiger partial charge in [0.15, 0.2) is 0 Å². The molecule has 1 fully saturated rings. The second kappa shape index (κ2) is 8.63. The van der Waals surface area contributed by atoms with Gasteiger partial charge >= 0.3 is 0 Å². The van der Waals surface area contributed by atoms with Gasteiger partial charge in [-0.3, -0.25) is 4.79 Å². The number of hydrogen-bond donors (Lipinski definition) is 0. The van der Waals surface area contributed by atoms with Gasteiger partial charge in [-0.15, -0.1) is 11.8 Å². The number of halogens is 3. The number of thioether (sulfide) groups is 2. The van der Waals surface area contributed by atoms with E-state index in [0.717, 1.165) is 15.8 Å². The summed E-state index contributed by atoms with van der Waals surface area (Å²) in [4.78, 5) is 15.1. The molecule has 8 heteroatoms. The van der Waals surface area contributed by atoms with Crippen LogP contribution in [0.1, 0.15) is 21.3 Å². The van der Waals surface area contributed by atoms with Crippen LogP contribution in [0.25, 0.3) is 0 Å². The average Bonchev–Trinajstić information content (AvgIpc) is 3.10. The van der Waals surface area contributed by atoms with Crippen molar-refractivity contribution in [2.45, 2.75) is 16.0 Å². The van der Waals surface area contributed by atoms with Crippen LogP contribution >= 0.6 is 39.5 Å². The Morgan fingerprint density at radius 3 is 2.81 bits per heavy atom. The zero-order chi connectivity index (χ0) is 18.7. The molecule has 0 saturated carbocycles. The molecule has 1 unspecified atom stereocenters. The third kappa shape index (κ3) is 4.18. The van der Waals surface area contributed by atoms with E-state index >= 15 is 0 Å². The maximum absolute atomic E-state index is 13.1. The lowest BCUT2D eigenvalue weighted by Crippen LogP contribution is -2.30. The summed E-state index contributed by atoms with van der Waals surface area (Å²) < 4.78 is 31.7. The molecule has 1 aliphatic rings. The summed E-state index contributed by atoms with van der Waals surface area (Å²) in [5.41, 5.74) is 1.28. The first-order chi connectivity index (χ1) is 12.5. The molecule has 0 spiro atoms. The molecular weight excluding hydrogens is 444 g/mol. The highest BCUT2D eigenvalue weighted by atomic mass is 79.9. The van der Waals surface area contributed by atoms with E-state index in [4.69, 9.17) is 4.74 Å². The van der Waals surface area contributed by atoms with Crippen molar-refractivity contribution in [2.24, 2.45) is 0 Å². The molecule has 1 amide bonds. The fourth-order valence-electron chi connectivity index (χ4n) is 2.79. The van der Waals surface area contributed by atoms with Crippen LogP contribution in [0.2, 0.25) is 0 Å². The van der Waals surface area contributed by atoms with E-state index in [9.17, 15) is 13.6 Å². The number of amides is 1. The molecule has 1 aliphatic heterocycles. The number of methoxy groups -OCH3 is 1. The van der Waals surface area contributed by atoms with Crippen molar-refractivity contribution in [3.05, 3.63) is 58.1 Å². The van der Waals surface area contributed by atoms with Gasteiger partial charge in [-0.1, -0.05) is 30.0 Å². The number of ether oxygens (including phenoxy) is 1. The van der Waals surface area contributed by atoms with E-state index in [1.807, 2.05) is 18.2 Å². The van der Waals surface area contributed by atoms with Crippen LogP contribution in [0.15, 0.2) is 51.8 Å². The molecule has 0 N–H and O–H groups in total. The van der Waals surface area contributed by atoms with E-state index in [1.165, 1.54) is 0 Å². The van der Waals surface area contributed by atoms with Gasteiger partial charge < -0.3 is 9.64 Å². The van der Waals surface area contributed by atoms with Crippen LogP contribution in [0.4, 0.5) is 8.78 Å². The summed E-state index contributed by atoms with van der Waals surface area (Å²) in [5.74, 6) is -1.28. The number of nitrogens with zero attached hydrogens (tertiary/aromatic N) is 1. The maximum Gasteiger partial charge on any atom is 0.288 e. The standard InChI is InChI=1S/C18H16BrF2NO2S2/c1-24-14-7-6-11(10-13(14)19)17-22(8-9-25-17)16(23)12-4-2-3-5-15(12)26-18(20)21/h2-7,10,17-18H,8-9H2,1H3. The van der Waals surface area contributed by atoms with Crippen LogP contribution in [0.3, 0.4) is 0 Å². The van der Waals surface area contributed by atoms with Gasteiger partial charge in [-0.25, -0.2) is 0 Å². The van der Waals surface area contributed by atoms with Crippen molar-refractivity contribution in [1.29, 1.82) is 0 Å². The average molecular weight is 460 g/mol. The molecule has 1 heterocycles. The van der Waals surface area contributed by atoms with Crippen LogP contribution in [-0.2, 0) is 0 Å². The van der Waals surface area contributed by atoms with E-state index in [2.05, 4.69) is 15.9 Å². The predicted octanol–water partition coefficient (Wildman–Crippen LogP) is 5.66. The zero-order valence-corrected chi connectivity index (χ0v) is 17.0. The van der Waals surface area contributed by atoms with Gasteiger partial charge in [0.05, 0.1) is 17.1 Å². The van der Waals surface area contributed by atoms with Crippen molar-refractivity contribution in [3.8, 4) is 5.75 Å². The predicted molar refractivity (Wildman–Crippen MR) is 105 cm³/mol. The Labute approximate surface area is 167 Å². The second-order valence-electron chi connectivity index (χ2n) is 5.49. The van der Waals surface area contributed by atoms with Gasteiger partial charge in [-0.05, 0) is 45.8 Å². The first-order valence-corrected chi connectivity index (χ1v) is 10.5. The van der Waals surface area contributed by atoms with Crippen LogP contribution in [0, 0.1) is 0 Å². The minimum absolute atomic E-state index is 0.158. The molecule has 2 aromatic rings. The largest absolute Gasteiger partial charge is 0.496 e. The first-order valence-electron chi connectivity index (χ1n) is 7.81. The van der Waals surface area contributed by atoms with Gasteiger partial charge in [0, 0.05) is 17.2 Å². The summed E-state index contributed by atoms with van der Waals surface area (Å²) in [6.45, 7) is 0.575. The normalized spacial score (nSPS) is 17.0. The molecule has 0 bridgehead atoms. The monoisotopic (exact) mass is 459 g/mol. The van der Waals surface area contributed by atoms with Crippen LogP contribution < -0.4 is 4.74 Å².